The van der Waals surface area contributed by atoms with Crippen LogP contribution in [-0.4, -0.2) is 12.1 Å². The van der Waals surface area contributed by atoms with Gasteiger partial charge in [-0.3, -0.25) is 4.84 Å². The zero-order valence-corrected chi connectivity index (χ0v) is 4.77. The summed E-state index contributed by atoms with van der Waals surface area (Å²) in [5.41, 5.74) is 2.87. The maximum atomic E-state index is 5.02. The zero-order valence-electron chi connectivity index (χ0n) is 4.77. The molecule has 0 radical (unpaired) electrons. The minimum atomic E-state index is 0.412. The Balaban J connectivity index is 2.26. The summed E-state index contributed by atoms with van der Waals surface area (Å²) in [6.45, 7) is 4.18. The van der Waals surface area contributed by atoms with Crippen molar-refractivity contribution in [3.8, 4) is 0 Å². The number of nitrogens with one attached hydrogen (secondary N) is 1. The van der Waals surface area contributed by atoms with E-state index in [0.29, 0.717) is 12.1 Å². The van der Waals surface area contributed by atoms with Gasteiger partial charge in [-0.15, -0.1) is 0 Å². The van der Waals surface area contributed by atoms with Crippen LogP contribution < -0.4 is 5.48 Å². The van der Waals surface area contributed by atoms with E-state index >= 15 is 0 Å². The first-order chi connectivity index (χ1) is 3.29. The molecular weight excluding hydrogens is 90.1 g/mol. The second kappa shape index (κ2) is 1.80. The summed E-state index contributed by atoms with van der Waals surface area (Å²) in [5, 5.41) is 0. The van der Waals surface area contributed by atoms with Gasteiger partial charge in [0.1, 0.15) is 0 Å². The Morgan fingerprint density at radius 3 is 2.43 bits per heavy atom. The quantitative estimate of drug-likeness (QED) is 0.484. The number of hydroxylamine groups is 1. The van der Waals surface area contributed by atoms with Crippen LogP contribution in [0, 0.1) is 0 Å². The van der Waals surface area contributed by atoms with Crippen molar-refractivity contribution in [2.24, 2.45) is 0 Å². The van der Waals surface area contributed by atoms with E-state index in [1.807, 2.05) is 0 Å². The molecule has 0 saturated carbocycles. The maximum Gasteiger partial charge on any atom is 0.0778 e. The first-order valence-corrected chi connectivity index (χ1v) is 2.70. The fraction of sp³-hybridized carbons (Fsp3) is 1.00. The molecule has 7 heavy (non-hydrogen) atoms. The van der Waals surface area contributed by atoms with Gasteiger partial charge < -0.3 is 0 Å². The van der Waals surface area contributed by atoms with E-state index in [4.69, 9.17) is 4.84 Å². The van der Waals surface area contributed by atoms with Gasteiger partial charge in [-0.2, -0.15) is 5.48 Å². The van der Waals surface area contributed by atoms with E-state index in [1.54, 1.807) is 0 Å². The van der Waals surface area contributed by atoms with E-state index in [9.17, 15) is 0 Å². The normalized spacial score (nSPS) is 42.0. The molecule has 0 aromatic heterocycles. The summed E-state index contributed by atoms with van der Waals surface area (Å²) < 4.78 is 0. The van der Waals surface area contributed by atoms with Gasteiger partial charge in [0.25, 0.3) is 0 Å². The minimum Gasteiger partial charge on any atom is -0.298 e. The molecule has 2 atom stereocenters. The monoisotopic (exact) mass is 101 g/mol. The molecule has 1 saturated heterocycles. The van der Waals surface area contributed by atoms with E-state index < -0.39 is 0 Å². The molecule has 1 aliphatic rings. The second-order valence-corrected chi connectivity index (χ2v) is 2.18. The van der Waals surface area contributed by atoms with Crippen LogP contribution >= 0.6 is 0 Å². The lowest BCUT2D eigenvalue weighted by atomic mass is 10.2. The fourth-order valence-electron chi connectivity index (χ4n) is 0.826. The van der Waals surface area contributed by atoms with Crippen molar-refractivity contribution >= 4 is 0 Å². The summed E-state index contributed by atoms with van der Waals surface area (Å²) in [6, 6.07) is 0.551. The van der Waals surface area contributed by atoms with Crippen LogP contribution in [0.1, 0.15) is 20.3 Å². The molecule has 1 fully saturated rings. The molecular formula is C5H11NO. The molecule has 0 amide bonds. The molecule has 1 unspecified atom stereocenters. The lowest BCUT2D eigenvalue weighted by Crippen LogP contribution is -2.14. The molecule has 0 aliphatic carbocycles. The Kier molecular flexibility index (Phi) is 1.30. The molecule has 1 N–H and O–H groups in total. The number of rotatable bonds is 0. The lowest BCUT2D eigenvalue weighted by Gasteiger charge is -1.93. The molecule has 1 rings (SSSR count). The van der Waals surface area contributed by atoms with E-state index in [0.717, 1.165) is 6.42 Å². The number of hydrogen-bond acceptors (Lipinski definition) is 2. The van der Waals surface area contributed by atoms with Crippen LogP contribution in [0.4, 0.5) is 0 Å². The van der Waals surface area contributed by atoms with Crippen LogP contribution in [0.2, 0.25) is 0 Å². The van der Waals surface area contributed by atoms with Gasteiger partial charge in [-0.25, -0.2) is 0 Å². The van der Waals surface area contributed by atoms with E-state index in [1.165, 1.54) is 0 Å². The fourth-order valence-corrected chi connectivity index (χ4v) is 0.826. The predicted octanol–water partition coefficient (Wildman–Crippen LogP) is 0.688. The Morgan fingerprint density at radius 2 is 2.29 bits per heavy atom. The SMILES string of the molecule is CC1C[C@H](C)NO1. The highest BCUT2D eigenvalue weighted by molar-refractivity contribution is 4.65. The largest absolute Gasteiger partial charge is 0.298 e. The standard InChI is InChI=1S/C5H11NO/c1-4-3-5(2)7-6-4/h4-6H,3H2,1-2H3/t4-,5?/m0/s1. The van der Waals surface area contributed by atoms with Gasteiger partial charge in [-0.05, 0) is 20.3 Å². The second-order valence-electron chi connectivity index (χ2n) is 2.18. The molecule has 0 aromatic carbocycles. The van der Waals surface area contributed by atoms with Gasteiger partial charge in [0.15, 0.2) is 0 Å². The van der Waals surface area contributed by atoms with Crippen molar-refractivity contribution in [1.82, 2.24) is 5.48 Å². The van der Waals surface area contributed by atoms with Gasteiger partial charge in [0.05, 0.1) is 6.10 Å². The summed E-state index contributed by atoms with van der Waals surface area (Å²) in [5.74, 6) is 0. The highest BCUT2D eigenvalue weighted by Crippen LogP contribution is 2.07. The maximum absolute atomic E-state index is 5.02. The Hall–Kier alpha value is -0.0800. The lowest BCUT2D eigenvalue weighted by molar-refractivity contribution is 0.0380. The Bertz CT molecular complexity index is 57.1. The third-order valence-corrected chi connectivity index (χ3v) is 1.16. The van der Waals surface area contributed by atoms with Crippen LogP contribution in [0.25, 0.3) is 0 Å². The average Bonchev–Trinajstić information content (AvgIpc) is 1.87. The van der Waals surface area contributed by atoms with Crippen LogP contribution in [0.3, 0.4) is 0 Å². The Morgan fingerprint density at radius 1 is 1.57 bits per heavy atom. The smallest absolute Gasteiger partial charge is 0.0778 e. The molecule has 1 heterocycles. The van der Waals surface area contributed by atoms with Crippen molar-refractivity contribution in [2.75, 3.05) is 0 Å². The zero-order chi connectivity index (χ0) is 5.28. The van der Waals surface area contributed by atoms with Crippen molar-refractivity contribution in [2.45, 2.75) is 32.4 Å². The third-order valence-electron chi connectivity index (χ3n) is 1.16. The van der Waals surface area contributed by atoms with E-state index in [-0.39, 0.29) is 0 Å². The van der Waals surface area contributed by atoms with Crippen molar-refractivity contribution in [1.29, 1.82) is 0 Å². The summed E-state index contributed by atoms with van der Waals surface area (Å²) in [7, 11) is 0. The van der Waals surface area contributed by atoms with Gasteiger partial charge in [0, 0.05) is 6.04 Å². The summed E-state index contributed by atoms with van der Waals surface area (Å²) in [4.78, 5) is 5.02. The topological polar surface area (TPSA) is 21.3 Å². The molecule has 42 valence electrons. The minimum absolute atomic E-state index is 0.412. The van der Waals surface area contributed by atoms with Crippen molar-refractivity contribution in [3.05, 3.63) is 0 Å². The average molecular weight is 101 g/mol. The molecule has 2 nitrogen and oxygen atoms in total. The first kappa shape index (κ1) is 5.06. The van der Waals surface area contributed by atoms with Crippen LogP contribution in [0.5, 0.6) is 0 Å². The summed E-state index contributed by atoms with van der Waals surface area (Å²) in [6.07, 6.45) is 1.55. The molecule has 0 spiro atoms. The summed E-state index contributed by atoms with van der Waals surface area (Å²) >= 11 is 0. The molecule has 1 aliphatic heterocycles. The van der Waals surface area contributed by atoms with Crippen molar-refractivity contribution in [3.63, 3.8) is 0 Å². The predicted molar refractivity (Wildman–Crippen MR) is 27.8 cm³/mol. The first-order valence-electron chi connectivity index (χ1n) is 2.70. The number of hydrogen-bond donors (Lipinski definition) is 1. The van der Waals surface area contributed by atoms with Gasteiger partial charge in [0.2, 0.25) is 0 Å². The van der Waals surface area contributed by atoms with Crippen LogP contribution in [0.15, 0.2) is 0 Å². The highest BCUT2D eigenvalue weighted by Gasteiger charge is 2.15. The molecule has 0 aromatic rings. The van der Waals surface area contributed by atoms with Crippen LogP contribution in [-0.2, 0) is 4.84 Å². The highest BCUT2D eigenvalue weighted by atomic mass is 16.7. The third kappa shape index (κ3) is 1.14. The molecule has 2 heteroatoms. The van der Waals surface area contributed by atoms with Gasteiger partial charge >= 0.3 is 0 Å². The van der Waals surface area contributed by atoms with Crippen molar-refractivity contribution < 1.29 is 4.84 Å². The van der Waals surface area contributed by atoms with E-state index in [2.05, 4.69) is 19.3 Å². The Labute approximate surface area is 43.8 Å². The van der Waals surface area contributed by atoms with Gasteiger partial charge in [-0.1, -0.05) is 0 Å². The molecule has 0 bridgehead atoms.